The van der Waals surface area contributed by atoms with E-state index in [2.05, 4.69) is 276 Å². The second-order valence-corrected chi connectivity index (χ2v) is 18.8. The number of aromatic nitrogens is 1. The summed E-state index contributed by atoms with van der Waals surface area (Å²) in [5, 5.41) is 7.26. The quantitative estimate of drug-likeness (QED) is 0.144. The molecule has 2 heterocycles. The highest BCUT2D eigenvalue weighted by molar-refractivity contribution is 6.11. The summed E-state index contributed by atoms with van der Waals surface area (Å²) >= 11 is 0. The molecule has 12 aromatic carbocycles. The number of para-hydroxylation sites is 4. The fourth-order valence-corrected chi connectivity index (χ4v) is 11.1. The molecule has 14 rings (SSSR count). The largest absolute Gasteiger partial charge is 0.455 e. The maximum Gasteiger partial charge on any atom is 0.143 e. The summed E-state index contributed by atoms with van der Waals surface area (Å²) in [6.45, 7) is 0. The molecule has 0 N–H and O–H groups in total. The van der Waals surface area contributed by atoms with Gasteiger partial charge in [-0.15, -0.1) is 0 Å². The average molecular weight is 931 g/mol. The Labute approximate surface area is 423 Å². The van der Waals surface area contributed by atoms with E-state index in [1.165, 1.54) is 66.0 Å². The van der Waals surface area contributed by atoms with Crippen molar-refractivity contribution in [3.63, 3.8) is 0 Å². The van der Waals surface area contributed by atoms with E-state index in [4.69, 9.17) is 4.42 Å². The highest BCUT2D eigenvalue weighted by atomic mass is 16.3. The Kier molecular flexibility index (Phi) is 10.2. The SMILES string of the molecule is c1ccc(-c2cccc3cccc(-c4ccc(N(c5ccc(-c6cccc7c6oc6ccccc67)cc5)c5cccc(-c6ccc(-c7cccc(-n8c9ccccc9c9ccccc98)c7)cc6)c5)cc4)c23)cc1. The number of rotatable bonds is 9. The van der Waals surface area contributed by atoms with E-state index in [1.54, 1.807) is 0 Å². The Morgan fingerprint density at radius 2 is 0.753 bits per heavy atom. The van der Waals surface area contributed by atoms with Crippen molar-refractivity contribution in [3.05, 3.63) is 279 Å². The van der Waals surface area contributed by atoms with Crippen molar-refractivity contribution in [1.82, 2.24) is 4.57 Å². The monoisotopic (exact) mass is 930 g/mol. The van der Waals surface area contributed by atoms with Crippen molar-refractivity contribution >= 4 is 71.6 Å². The molecule has 3 heteroatoms. The first-order valence-electron chi connectivity index (χ1n) is 25.0. The van der Waals surface area contributed by atoms with Crippen molar-refractivity contribution in [2.45, 2.75) is 0 Å². The molecule has 3 nitrogen and oxygen atoms in total. The first-order chi connectivity index (χ1) is 36.2. The van der Waals surface area contributed by atoms with Gasteiger partial charge in [-0.05, 0) is 128 Å². The number of benzene rings is 12. The fourth-order valence-electron chi connectivity index (χ4n) is 11.1. The Balaban J connectivity index is 0.835. The minimum atomic E-state index is 0.898. The lowest BCUT2D eigenvalue weighted by atomic mass is 9.91. The summed E-state index contributed by atoms with van der Waals surface area (Å²) in [5.41, 5.74) is 20.2. The molecular weight excluding hydrogens is 885 g/mol. The molecule has 0 spiro atoms. The van der Waals surface area contributed by atoms with Gasteiger partial charge in [-0.25, -0.2) is 0 Å². The zero-order valence-electron chi connectivity index (χ0n) is 39.9. The van der Waals surface area contributed by atoms with E-state index in [1.807, 2.05) is 12.1 Å². The van der Waals surface area contributed by atoms with Crippen LogP contribution in [0.15, 0.2) is 283 Å². The summed E-state index contributed by atoms with van der Waals surface area (Å²) in [7, 11) is 0. The number of furan rings is 1. The highest BCUT2D eigenvalue weighted by Gasteiger charge is 2.18. The van der Waals surface area contributed by atoms with Crippen LogP contribution in [0.1, 0.15) is 0 Å². The van der Waals surface area contributed by atoms with E-state index < -0.39 is 0 Å². The molecule has 2 aromatic heterocycles. The molecule has 0 aliphatic heterocycles. The zero-order valence-corrected chi connectivity index (χ0v) is 39.9. The number of hydrogen-bond donors (Lipinski definition) is 0. The van der Waals surface area contributed by atoms with Gasteiger partial charge < -0.3 is 13.9 Å². The van der Waals surface area contributed by atoms with Gasteiger partial charge in [0.2, 0.25) is 0 Å². The molecule has 0 unspecified atom stereocenters. The number of fused-ring (bicyclic) bond motifs is 7. The smallest absolute Gasteiger partial charge is 0.143 e. The molecule has 73 heavy (non-hydrogen) atoms. The molecule has 0 bridgehead atoms. The van der Waals surface area contributed by atoms with Crippen molar-refractivity contribution in [2.75, 3.05) is 4.90 Å². The lowest BCUT2D eigenvalue weighted by Crippen LogP contribution is -2.10. The van der Waals surface area contributed by atoms with Crippen LogP contribution in [-0.2, 0) is 0 Å². The average Bonchev–Trinajstić information content (AvgIpc) is 4.02. The molecule has 0 saturated heterocycles. The maximum absolute atomic E-state index is 6.49. The predicted octanol–water partition coefficient (Wildman–Crippen LogP) is 19.6. The predicted molar refractivity (Wildman–Crippen MR) is 307 cm³/mol. The number of hydrogen-bond acceptors (Lipinski definition) is 2. The van der Waals surface area contributed by atoms with Gasteiger partial charge in [0.15, 0.2) is 0 Å². The van der Waals surface area contributed by atoms with Crippen molar-refractivity contribution in [2.24, 2.45) is 0 Å². The lowest BCUT2D eigenvalue weighted by molar-refractivity contribution is 0.670. The normalized spacial score (nSPS) is 11.6. The third-order valence-corrected chi connectivity index (χ3v) is 14.6. The third-order valence-electron chi connectivity index (χ3n) is 14.6. The zero-order chi connectivity index (χ0) is 48.2. The molecule has 0 atom stereocenters. The van der Waals surface area contributed by atoms with E-state index >= 15 is 0 Å². The molecule has 0 saturated carbocycles. The highest BCUT2D eigenvalue weighted by Crippen LogP contribution is 2.43. The van der Waals surface area contributed by atoms with Gasteiger partial charge in [0.05, 0.1) is 11.0 Å². The molecule has 0 aliphatic carbocycles. The molecule has 342 valence electrons. The first kappa shape index (κ1) is 42.2. The van der Waals surface area contributed by atoms with Crippen LogP contribution < -0.4 is 4.90 Å². The molecule has 0 aliphatic rings. The van der Waals surface area contributed by atoms with E-state index in [0.29, 0.717) is 0 Å². The Morgan fingerprint density at radius 1 is 0.288 bits per heavy atom. The maximum atomic E-state index is 6.49. The van der Waals surface area contributed by atoms with Gasteiger partial charge in [-0.3, -0.25) is 0 Å². The minimum Gasteiger partial charge on any atom is -0.455 e. The van der Waals surface area contributed by atoms with Crippen LogP contribution >= 0.6 is 0 Å². The summed E-state index contributed by atoms with van der Waals surface area (Å²) in [5.74, 6) is 0. The van der Waals surface area contributed by atoms with E-state index in [-0.39, 0.29) is 0 Å². The van der Waals surface area contributed by atoms with Crippen molar-refractivity contribution < 1.29 is 4.42 Å². The molecule has 0 fully saturated rings. The number of anilines is 3. The van der Waals surface area contributed by atoms with Gasteiger partial charge in [-0.2, -0.15) is 0 Å². The van der Waals surface area contributed by atoms with Crippen molar-refractivity contribution in [3.8, 4) is 61.3 Å². The van der Waals surface area contributed by atoms with Crippen LogP contribution in [0.2, 0.25) is 0 Å². The summed E-state index contributed by atoms with van der Waals surface area (Å²) in [6, 6.07) is 101. The van der Waals surface area contributed by atoms with Crippen molar-refractivity contribution in [1.29, 1.82) is 0 Å². The topological polar surface area (TPSA) is 21.3 Å². The summed E-state index contributed by atoms with van der Waals surface area (Å²) in [6.07, 6.45) is 0. The van der Waals surface area contributed by atoms with Gasteiger partial charge >= 0.3 is 0 Å². The molecule has 0 radical (unpaired) electrons. The Bertz CT molecular complexity index is 4300. The van der Waals surface area contributed by atoms with Gasteiger partial charge in [-0.1, -0.05) is 212 Å². The van der Waals surface area contributed by atoms with Crippen LogP contribution in [0, 0.1) is 0 Å². The Hall–Kier alpha value is -9.70. The second-order valence-electron chi connectivity index (χ2n) is 18.8. The lowest BCUT2D eigenvalue weighted by Gasteiger charge is -2.26. The van der Waals surface area contributed by atoms with Crippen LogP contribution in [-0.4, -0.2) is 4.57 Å². The second kappa shape index (κ2) is 17.6. The molecule has 14 aromatic rings. The van der Waals surface area contributed by atoms with E-state index in [9.17, 15) is 0 Å². The van der Waals surface area contributed by atoms with Gasteiger partial charge in [0.25, 0.3) is 0 Å². The van der Waals surface area contributed by atoms with Crippen LogP contribution in [0.3, 0.4) is 0 Å². The van der Waals surface area contributed by atoms with Gasteiger partial charge in [0.1, 0.15) is 11.2 Å². The number of nitrogens with zero attached hydrogens (tertiary/aromatic N) is 2. The summed E-state index contributed by atoms with van der Waals surface area (Å²) in [4.78, 5) is 2.37. The third kappa shape index (κ3) is 7.37. The fraction of sp³-hybridized carbons (Fsp3) is 0. The van der Waals surface area contributed by atoms with Crippen LogP contribution in [0.5, 0.6) is 0 Å². The van der Waals surface area contributed by atoms with E-state index in [0.717, 1.165) is 66.9 Å². The van der Waals surface area contributed by atoms with Crippen LogP contribution in [0.4, 0.5) is 17.1 Å². The van der Waals surface area contributed by atoms with Crippen LogP contribution in [0.25, 0.3) is 116 Å². The summed E-state index contributed by atoms with van der Waals surface area (Å²) < 4.78 is 8.87. The Morgan fingerprint density at radius 3 is 1.41 bits per heavy atom. The first-order valence-corrected chi connectivity index (χ1v) is 25.0. The standard InChI is InChI=1S/C70H46N2O/c1-2-15-49(16-3-1)59-26-12-17-52-18-13-27-60(69(52)59)50-37-41-55(42-38-50)71(56-43-39-51(40-44-56)61-28-14-29-65-64-25-6-9-32-68(64)73-70(61)65)57-21-10-19-53(45-57)47-33-35-48(36-34-47)54-20-11-22-58(46-54)72-66-30-7-4-23-62(66)63-24-5-8-31-67(63)72/h1-46H. The molecule has 0 amide bonds. The molecular formula is C70H46N2O. The minimum absolute atomic E-state index is 0.898. The van der Waals surface area contributed by atoms with Gasteiger partial charge in [0, 0.05) is 49.9 Å².